The smallest absolute Gasteiger partial charge is 0.344 e. The highest BCUT2D eigenvalue weighted by molar-refractivity contribution is 5.53. The van der Waals surface area contributed by atoms with Gasteiger partial charge >= 0.3 is 5.69 Å². The maximum Gasteiger partial charge on any atom is 0.344 e. The average molecular weight is 179 g/mol. The van der Waals surface area contributed by atoms with Crippen LogP contribution in [0.5, 0.6) is 0 Å². The monoisotopic (exact) mass is 179 g/mol. The minimum Gasteiger partial charge on any atom is -0.378 e. The topological polar surface area (TPSA) is 91.8 Å². The molecule has 0 aliphatic rings. The number of H-pyrrole nitrogens is 2. The number of nitrogens with zero attached hydrogens (tertiary/aromatic N) is 1. The summed E-state index contributed by atoms with van der Waals surface area (Å²) in [4.78, 5) is 27.1. The summed E-state index contributed by atoms with van der Waals surface area (Å²) in [6, 6.07) is 1.27. The van der Waals surface area contributed by atoms with Gasteiger partial charge in [-0.15, -0.1) is 0 Å². The lowest BCUT2D eigenvalue weighted by Gasteiger charge is -1.90. The lowest BCUT2D eigenvalue weighted by molar-refractivity contribution is 0.425. The van der Waals surface area contributed by atoms with E-state index in [-0.39, 0.29) is 5.56 Å². The first-order chi connectivity index (χ1) is 6.25. The molecule has 0 aliphatic carbocycles. The number of hydrogen-bond acceptors (Lipinski definition) is 4. The molecule has 2 aromatic heterocycles. The molecule has 0 unspecified atom stereocenters. The summed E-state index contributed by atoms with van der Waals surface area (Å²) in [6.07, 6.45) is 2.74. The fraction of sp³-hybridized carbons (Fsp3) is 0. The first-order valence-electron chi connectivity index (χ1n) is 3.49. The third-order valence-electron chi connectivity index (χ3n) is 1.48. The number of aromatic amines is 2. The van der Waals surface area contributed by atoms with Gasteiger partial charge in [-0.1, -0.05) is 0 Å². The van der Waals surface area contributed by atoms with Crippen LogP contribution in [0.2, 0.25) is 0 Å². The molecule has 0 fully saturated rings. The first kappa shape index (κ1) is 7.53. The summed E-state index contributed by atoms with van der Waals surface area (Å²) in [6.45, 7) is 0. The third-order valence-corrected chi connectivity index (χ3v) is 1.48. The molecular formula is C7H5N3O3. The summed E-state index contributed by atoms with van der Waals surface area (Å²) in [5.41, 5.74) is -0.235. The van der Waals surface area contributed by atoms with Crippen LogP contribution in [0, 0.1) is 0 Å². The Kier molecular flexibility index (Phi) is 1.59. The van der Waals surface area contributed by atoms with Crippen molar-refractivity contribution in [2.75, 3.05) is 0 Å². The van der Waals surface area contributed by atoms with Crippen molar-refractivity contribution in [3.8, 4) is 11.3 Å². The Bertz CT molecular complexity index is 502. The molecule has 0 aromatic carbocycles. The van der Waals surface area contributed by atoms with Gasteiger partial charge in [0.15, 0.2) is 5.76 Å². The number of aromatic nitrogens is 3. The minimum atomic E-state index is -0.443. The zero-order valence-corrected chi connectivity index (χ0v) is 6.40. The van der Waals surface area contributed by atoms with Crippen LogP contribution in [0.25, 0.3) is 11.3 Å². The highest BCUT2D eigenvalue weighted by Gasteiger charge is 2.02. The van der Waals surface area contributed by atoms with E-state index < -0.39 is 5.69 Å². The molecule has 2 rings (SSSR count). The Balaban J connectivity index is 2.53. The van der Waals surface area contributed by atoms with Crippen molar-refractivity contribution < 1.29 is 4.52 Å². The van der Waals surface area contributed by atoms with Crippen LogP contribution in [-0.2, 0) is 0 Å². The lowest BCUT2D eigenvalue weighted by Crippen LogP contribution is -2.07. The Morgan fingerprint density at radius 1 is 1.38 bits per heavy atom. The predicted molar refractivity (Wildman–Crippen MR) is 43.2 cm³/mol. The van der Waals surface area contributed by atoms with Crippen LogP contribution in [0.15, 0.2) is 32.6 Å². The lowest BCUT2D eigenvalue weighted by atomic mass is 10.3. The van der Waals surface area contributed by atoms with Crippen molar-refractivity contribution >= 4 is 0 Å². The van der Waals surface area contributed by atoms with Gasteiger partial charge in [0.05, 0.1) is 11.6 Å². The molecule has 0 spiro atoms. The van der Waals surface area contributed by atoms with Gasteiger partial charge in [0.1, 0.15) is 0 Å². The van der Waals surface area contributed by atoms with E-state index in [1.165, 1.54) is 18.5 Å². The van der Waals surface area contributed by atoms with Crippen molar-refractivity contribution in [3.05, 3.63) is 39.3 Å². The molecule has 13 heavy (non-hydrogen) atoms. The van der Waals surface area contributed by atoms with Crippen LogP contribution >= 0.6 is 0 Å². The third kappa shape index (κ3) is 1.41. The van der Waals surface area contributed by atoms with Gasteiger partial charge < -0.3 is 9.51 Å². The standard InChI is InChI=1S/C7H5N3O3/c11-6-1-5(13-10-6)4-2-8-7(12)9-3-4/h1-3H,(H,10,11)(H,8,9,12). The molecule has 2 aromatic rings. The number of nitrogens with one attached hydrogen (secondary N) is 2. The van der Waals surface area contributed by atoms with E-state index in [0.717, 1.165) is 0 Å². The van der Waals surface area contributed by atoms with Crippen molar-refractivity contribution in [2.24, 2.45) is 0 Å². The first-order valence-corrected chi connectivity index (χ1v) is 3.49. The van der Waals surface area contributed by atoms with Gasteiger partial charge in [-0.05, 0) is 0 Å². The quantitative estimate of drug-likeness (QED) is 0.629. The van der Waals surface area contributed by atoms with Crippen molar-refractivity contribution in [2.45, 2.75) is 0 Å². The molecule has 0 saturated heterocycles. The Morgan fingerprint density at radius 3 is 2.77 bits per heavy atom. The molecular weight excluding hydrogens is 174 g/mol. The zero-order chi connectivity index (χ0) is 9.26. The van der Waals surface area contributed by atoms with Crippen molar-refractivity contribution in [1.82, 2.24) is 15.1 Å². The molecule has 2 N–H and O–H groups in total. The fourth-order valence-corrected chi connectivity index (χ4v) is 0.902. The van der Waals surface area contributed by atoms with E-state index >= 15 is 0 Å². The summed E-state index contributed by atoms with van der Waals surface area (Å²) < 4.78 is 4.79. The normalized spacial score (nSPS) is 10.2. The molecule has 0 aliphatic heterocycles. The summed E-state index contributed by atoms with van der Waals surface area (Å²) in [5, 5.41) is 2.13. The summed E-state index contributed by atoms with van der Waals surface area (Å²) in [7, 11) is 0. The molecule has 0 amide bonds. The molecule has 6 heteroatoms. The molecule has 66 valence electrons. The molecule has 2 heterocycles. The second-order valence-electron chi connectivity index (χ2n) is 2.38. The van der Waals surface area contributed by atoms with Crippen LogP contribution in [-0.4, -0.2) is 15.1 Å². The van der Waals surface area contributed by atoms with Gasteiger partial charge in [0.2, 0.25) is 0 Å². The second-order valence-corrected chi connectivity index (χ2v) is 2.38. The minimum absolute atomic E-state index is 0.332. The van der Waals surface area contributed by atoms with Crippen LogP contribution in [0.1, 0.15) is 0 Å². The van der Waals surface area contributed by atoms with E-state index in [9.17, 15) is 9.59 Å². The van der Waals surface area contributed by atoms with E-state index in [0.29, 0.717) is 11.3 Å². The highest BCUT2D eigenvalue weighted by Crippen LogP contribution is 2.12. The Labute approximate surface area is 71.2 Å². The SMILES string of the molecule is O=c1cc(-c2cnc(=O)[nH]c2)o[nH]1. The largest absolute Gasteiger partial charge is 0.378 e. The Morgan fingerprint density at radius 2 is 2.23 bits per heavy atom. The van der Waals surface area contributed by atoms with Gasteiger partial charge in [-0.25, -0.2) is 9.78 Å². The molecule has 0 saturated carbocycles. The van der Waals surface area contributed by atoms with Gasteiger partial charge in [0.25, 0.3) is 5.56 Å². The maximum atomic E-state index is 10.7. The second kappa shape index (κ2) is 2.74. The fourth-order valence-electron chi connectivity index (χ4n) is 0.902. The molecule has 6 nitrogen and oxygen atoms in total. The molecule has 0 bridgehead atoms. The maximum absolute atomic E-state index is 10.7. The zero-order valence-electron chi connectivity index (χ0n) is 6.40. The van der Waals surface area contributed by atoms with E-state index in [4.69, 9.17) is 4.52 Å². The van der Waals surface area contributed by atoms with Crippen LogP contribution < -0.4 is 11.2 Å². The van der Waals surface area contributed by atoms with E-state index in [1.54, 1.807) is 0 Å². The highest BCUT2D eigenvalue weighted by atomic mass is 16.5. The Hall–Kier alpha value is -2.11. The van der Waals surface area contributed by atoms with Crippen molar-refractivity contribution in [3.63, 3.8) is 0 Å². The number of hydrogen-bond donors (Lipinski definition) is 2. The van der Waals surface area contributed by atoms with E-state index in [2.05, 4.69) is 15.1 Å². The van der Waals surface area contributed by atoms with Crippen LogP contribution in [0.3, 0.4) is 0 Å². The van der Waals surface area contributed by atoms with Gasteiger partial charge in [0, 0.05) is 12.4 Å². The van der Waals surface area contributed by atoms with Gasteiger partial charge in [-0.3, -0.25) is 4.79 Å². The van der Waals surface area contributed by atoms with Crippen molar-refractivity contribution in [1.29, 1.82) is 0 Å². The molecule has 0 atom stereocenters. The number of rotatable bonds is 1. The molecule has 0 radical (unpaired) electrons. The summed E-state index contributed by atoms with van der Waals surface area (Å²) in [5.74, 6) is 0.341. The van der Waals surface area contributed by atoms with E-state index in [1.807, 2.05) is 0 Å². The predicted octanol–water partition coefficient (Wildman–Crippen LogP) is -0.282. The summed E-state index contributed by atoms with van der Waals surface area (Å²) >= 11 is 0. The van der Waals surface area contributed by atoms with Crippen LogP contribution in [0.4, 0.5) is 0 Å². The average Bonchev–Trinajstić information content (AvgIpc) is 2.53. The van der Waals surface area contributed by atoms with Gasteiger partial charge in [-0.2, -0.15) is 5.16 Å².